The van der Waals surface area contributed by atoms with Crippen LogP contribution in [0.15, 0.2) is 42.5 Å². The zero-order valence-corrected chi connectivity index (χ0v) is 15.7. The molecular formula is C20H27ClN2O2. The highest BCUT2D eigenvalue weighted by atomic mass is 35.5. The first-order valence-corrected chi connectivity index (χ1v) is 9.06. The van der Waals surface area contributed by atoms with E-state index in [-0.39, 0.29) is 0 Å². The van der Waals surface area contributed by atoms with Crippen LogP contribution >= 0.6 is 11.6 Å². The molecule has 0 atom stereocenters. The Kier molecular flexibility index (Phi) is 8.60. The number of halogens is 1. The van der Waals surface area contributed by atoms with Gasteiger partial charge in [-0.3, -0.25) is 0 Å². The summed E-state index contributed by atoms with van der Waals surface area (Å²) in [6, 6.07) is 13.7. The first-order chi connectivity index (χ1) is 12.2. The summed E-state index contributed by atoms with van der Waals surface area (Å²) in [6.45, 7) is 6.45. The Bertz CT molecular complexity index is 649. The van der Waals surface area contributed by atoms with Crippen molar-refractivity contribution in [3.63, 3.8) is 0 Å². The molecule has 0 unspecified atom stereocenters. The molecule has 5 heteroatoms. The predicted molar refractivity (Wildman–Crippen MR) is 104 cm³/mol. The van der Waals surface area contributed by atoms with Crippen LogP contribution in [0.25, 0.3) is 0 Å². The van der Waals surface area contributed by atoms with Crippen LogP contribution in [0.5, 0.6) is 11.5 Å². The third-order valence-corrected chi connectivity index (χ3v) is 4.03. The van der Waals surface area contributed by atoms with E-state index < -0.39 is 0 Å². The van der Waals surface area contributed by atoms with Crippen molar-refractivity contribution in [2.45, 2.75) is 26.5 Å². The molecule has 2 rings (SSSR count). The van der Waals surface area contributed by atoms with Gasteiger partial charge < -0.3 is 20.1 Å². The first-order valence-electron chi connectivity index (χ1n) is 8.68. The fraction of sp³-hybridized carbons (Fsp3) is 0.400. The van der Waals surface area contributed by atoms with E-state index in [1.807, 2.05) is 36.4 Å². The maximum absolute atomic E-state index is 6.00. The predicted octanol–water partition coefficient (Wildman–Crippen LogP) is 4.02. The molecular weight excluding hydrogens is 336 g/mol. The SMILES string of the molecule is CCNCCCNCc1ccc(OCc2cccc(Cl)c2)c(OC)c1. The Morgan fingerprint density at radius 3 is 2.56 bits per heavy atom. The zero-order valence-electron chi connectivity index (χ0n) is 15.0. The maximum Gasteiger partial charge on any atom is 0.161 e. The van der Waals surface area contributed by atoms with E-state index in [0.717, 1.165) is 49.7 Å². The Morgan fingerprint density at radius 2 is 1.80 bits per heavy atom. The summed E-state index contributed by atoms with van der Waals surface area (Å²) in [7, 11) is 1.66. The quantitative estimate of drug-likeness (QED) is 0.592. The second-order valence-electron chi connectivity index (χ2n) is 5.79. The molecule has 25 heavy (non-hydrogen) atoms. The van der Waals surface area contributed by atoms with Gasteiger partial charge in [-0.15, -0.1) is 0 Å². The van der Waals surface area contributed by atoms with Crippen LogP contribution in [0.1, 0.15) is 24.5 Å². The lowest BCUT2D eigenvalue weighted by atomic mass is 10.2. The lowest BCUT2D eigenvalue weighted by Gasteiger charge is -2.13. The van der Waals surface area contributed by atoms with E-state index in [2.05, 4.69) is 23.6 Å². The summed E-state index contributed by atoms with van der Waals surface area (Å²) in [5, 5.41) is 7.47. The number of rotatable bonds is 11. The molecule has 0 saturated carbocycles. The fourth-order valence-electron chi connectivity index (χ4n) is 2.48. The van der Waals surface area contributed by atoms with Crippen LogP contribution in [-0.2, 0) is 13.2 Å². The lowest BCUT2D eigenvalue weighted by molar-refractivity contribution is 0.284. The van der Waals surface area contributed by atoms with Gasteiger partial charge in [0.15, 0.2) is 11.5 Å². The minimum absolute atomic E-state index is 0.457. The van der Waals surface area contributed by atoms with Gasteiger partial charge in [0, 0.05) is 11.6 Å². The lowest BCUT2D eigenvalue weighted by Crippen LogP contribution is -2.21. The van der Waals surface area contributed by atoms with Crippen LogP contribution in [-0.4, -0.2) is 26.7 Å². The standard InChI is InChI=1S/C20H27ClN2O2/c1-3-22-10-5-11-23-14-16-8-9-19(20(13-16)24-2)25-15-17-6-4-7-18(21)12-17/h4,6-9,12-13,22-23H,3,5,10-11,14-15H2,1-2H3. The maximum atomic E-state index is 6.00. The van der Waals surface area contributed by atoms with Crippen LogP contribution in [0.2, 0.25) is 5.02 Å². The molecule has 0 spiro atoms. The van der Waals surface area contributed by atoms with Crippen molar-refractivity contribution in [1.82, 2.24) is 10.6 Å². The number of hydrogen-bond donors (Lipinski definition) is 2. The molecule has 0 bridgehead atoms. The van der Waals surface area contributed by atoms with Gasteiger partial charge in [-0.1, -0.05) is 36.7 Å². The van der Waals surface area contributed by atoms with Crippen LogP contribution in [0.4, 0.5) is 0 Å². The van der Waals surface area contributed by atoms with Crippen molar-refractivity contribution in [3.8, 4) is 11.5 Å². The summed E-state index contributed by atoms with van der Waals surface area (Å²) in [6.07, 6.45) is 1.12. The van der Waals surface area contributed by atoms with Crippen LogP contribution < -0.4 is 20.1 Å². The van der Waals surface area contributed by atoms with E-state index in [9.17, 15) is 0 Å². The molecule has 0 aliphatic rings. The third kappa shape index (κ3) is 6.94. The molecule has 0 aliphatic heterocycles. The van der Waals surface area contributed by atoms with Gasteiger partial charge in [-0.2, -0.15) is 0 Å². The van der Waals surface area contributed by atoms with E-state index >= 15 is 0 Å². The molecule has 136 valence electrons. The van der Waals surface area contributed by atoms with Crippen molar-refractivity contribution in [3.05, 3.63) is 58.6 Å². The zero-order chi connectivity index (χ0) is 17.9. The topological polar surface area (TPSA) is 42.5 Å². The highest BCUT2D eigenvalue weighted by molar-refractivity contribution is 6.30. The van der Waals surface area contributed by atoms with Crippen molar-refractivity contribution >= 4 is 11.6 Å². The average Bonchev–Trinajstić information content (AvgIpc) is 2.63. The Balaban J connectivity index is 1.85. The van der Waals surface area contributed by atoms with Gasteiger partial charge in [0.1, 0.15) is 6.61 Å². The molecule has 0 radical (unpaired) electrons. The number of nitrogens with one attached hydrogen (secondary N) is 2. The van der Waals surface area contributed by atoms with Crippen LogP contribution in [0.3, 0.4) is 0 Å². The minimum atomic E-state index is 0.457. The average molecular weight is 363 g/mol. The Morgan fingerprint density at radius 1 is 0.960 bits per heavy atom. The highest BCUT2D eigenvalue weighted by Gasteiger charge is 2.06. The van der Waals surface area contributed by atoms with E-state index in [1.165, 1.54) is 5.56 Å². The largest absolute Gasteiger partial charge is 0.493 e. The second kappa shape index (κ2) is 11.0. The molecule has 0 aromatic heterocycles. The minimum Gasteiger partial charge on any atom is -0.493 e. The smallest absolute Gasteiger partial charge is 0.161 e. The van der Waals surface area contributed by atoms with Crippen molar-refractivity contribution < 1.29 is 9.47 Å². The number of hydrogen-bond acceptors (Lipinski definition) is 4. The molecule has 0 heterocycles. The third-order valence-electron chi connectivity index (χ3n) is 3.80. The summed E-state index contributed by atoms with van der Waals surface area (Å²) >= 11 is 6.00. The van der Waals surface area contributed by atoms with Crippen molar-refractivity contribution in [2.24, 2.45) is 0 Å². The molecule has 0 amide bonds. The summed E-state index contributed by atoms with van der Waals surface area (Å²) < 4.78 is 11.4. The molecule has 2 N–H and O–H groups in total. The van der Waals surface area contributed by atoms with Crippen molar-refractivity contribution in [2.75, 3.05) is 26.7 Å². The number of ether oxygens (including phenoxy) is 2. The normalized spacial score (nSPS) is 10.7. The number of benzene rings is 2. The molecule has 2 aromatic rings. The molecule has 2 aromatic carbocycles. The monoisotopic (exact) mass is 362 g/mol. The summed E-state index contributed by atoms with van der Waals surface area (Å²) in [4.78, 5) is 0. The summed E-state index contributed by atoms with van der Waals surface area (Å²) in [5.41, 5.74) is 2.20. The fourth-order valence-corrected chi connectivity index (χ4v) is 2.69. The van der Waals surface area contributed by atoms with Gasteiger partial charge in [-0.25, -0.2) is 0 Å². The van der Waals surface area contributed by atoms with Crippen molar-refractivity contribution in [1.29, 1.82) is 0 Å². The van der Waals surface area contributed by atoms with Gasteiger partial charge in [0.2, 0.25) is 0 Å². The Labute approximate surface area is 155 Å². The van der Waals surface area contributed by atoms with Gasteiger partial charge in [-0.05, 0) is 61.4 Å². The highest BCUT2D eigenvalue weighted by Crippen LogP contribution is 2.29. The van der Waals surface area contributed by atoms with Gasteiger partial charge in [0.05, 0.1) is 7.11 Å². The number of methoxy groups -OCH3 is 1. The molecule has 0 saturated heterocycles. The second-order valence-corrected chi connectivity index (χ2v) is 6.22. The molecule has 0 aliphatic carbocycles. The van der Waals surface area contributed by atoms with Gasteiger partial charge in [0.25, 0.3) is 0 Å². The summed E-state index contributed by atoms with van der Waals surface area (Å²) in [5.74, 6) is 1.48. The first kappa shape index (κ1) is 19.6. The Hall–Kier alpha value is -1.75. The molecule has 0 fully saturated rings. The van der Waals surface area contributed by atoms with Gasteiger partial charge >= 0.3 is 0 Å². The molecule has 4 nitrogen and oxygen atoms in total. The van der Waals surface area contributed by atoms with E-state index in [1.54, 1.807) is 7.11 Å². The van der Waals surface area contributed by atoms with E-state index in [4.69, 9.17) is 21.1 Å². The van der Waals surface area contributed by atoms with E-state index in [0.29, 0.717) is 11.6 Å². The van der Waals surface area contributed by atoms with Crippen LogP contribution in [0, 0.1) is 0 Å².